The van der Waals surface area contributed by atoms with Gasteiger partial charge in [-0.15, -0.1) is 0 Å². The van der Waals surface area contributed by atoms with Crippen LogP contribution in [0.5, 0.6) is 0 Å². The number of anilines is 1. The molecule has 1 atom stereocenters. The molecule has 0 spiro atoms. The van der Waals surface area contributed by atoms with Gasteiger partial charge in [0.1, 0.15) is 0 Å². The average Bonchev–Trinajstić information content (AvgIpc) is 2.68. The minimum Gasteiger partial charge on any atom is -0.358 e. The zero-order valence-corrected chi connectivity index (χ0v) is 16.3. The first kappa shape index (κ1) is 16.9. The Hall–Kier alpha value is -3.01. The molecule has 2 aliphatic rings. The van der Waals surface area contributed by atoms with Crippen LogP contribution in [0.4, 0.5) is 14.5 Å². The van der Waals surface area contributed by atoms with Crippen LogP contribution in [0.1, 0.15) is 45.1 Å². The van der Waals surface area contributed by atoms with Crippen LogP contribution in [0.15, 0.2) is 65.9 Å². The van der Waals surface area contributed by atoms with E-state index in [0.717, 1.165) is 28.6 Å². The lowest BCUT2D eigenvalue weighted by Crippen LogP contribution is -2.34. The number of ketones is 1. The first-order valence-electron chi connectivity index (χ1n) is 10.2. The molecule has 3 aromatic carbocycles. The minimum atomic E-state index is -1.64. The number of rotatable bonds is 1. The second-order valence-corrected chi connectivity index (χ2v) is 8.63. The summed E-state index contributed by atoms with van der Waals surface area (Å²) in [5, 5.41) is 5.13. The number of carbonyl (C=O) groups is 1. The van der Waals surface area contributed by atoms with Gasteiger partial charge in [0.15, 0.2) is 17.4 Å². The Balaban J connectivity index is 1.89. The van der Waals surface area contributed by atoms with Crippen LogP contribution in [0.2, 0.25) is 0 Å². The summed E-state index contributed by atoms with van der Waals surface area (Å²) in [6.07, 6.45) is 0.905. The maximum atomic E-state index is 14.3. The Morgan fingerprint density at radius 2 is 1.83 bits per heavy atom. The van der Waals surface area contributed by atoms with E-state index in [1.165, 1.54) is 6.07 Å². The summed E-state index contributed by atoms with van der Waals surface area (Å²) in [4.78, 5) is 13.3. The zero-order chi connectivity index (χ0) is 21.3. The van der Waals surface area contributed by atoms with Crippen molar-refractivity contribution in [1.29, 1.82) is 0 Å². The first-order valence-corrected chi connectivity index (χ1v) is 9.72. The van der Waals surface area contributed by atoms with Gasteiger partial charge in [0.2, 0.25) is 0 Å². The van der Waals surface area contributed by atoms with Gasteiger partial charge in [-0.25, -0.2) is 8.78 Å². The van der Waals surface area contributed by atoms with E-state index in [9.17, 15) is 14.9 Å². The molecule has 5 rings (SSSR count). The third-order valence-corrected chi connectivity index (χ3v) is 5.80. The van der Waals surface area contributed by atoms with Crippen LogP contribution < -0.4 is 5.32 Å². The molecule has 3 aromatic rings. The first-order chi connectivity index (χ1) is 14.2. The van der Waals surface area contributed by atoms with Crippen molar-refractivity contribution in [3.63, 3.8) is 0 Å². The molecule has 2 nitrogen and oxygen atoms in total. The number of fused-ring (bicyclic) bond motifs is 3. The monoisotopic (exact) mass is 390 g/mol. The van der Waals surface area contributed by atoms with Crippen LogP contribution in [0, 0.1) is 17.0 Å². The summed E-state index contributed by atoms with van der Waals surface area (Å²) in [5.74, 6) is -3.77. The Bertz CT molecular complexity index is 1260. The average molecular weight is 390 g/mol. The summed E-state index contributed by atoms with van der Waals surface area (Å²) in [7, 11) is 0. The lowest BCUT2D eigenvalue weighted by Gasteiger charge is -2.40. The summed E-state index contributed by atoms with van der Waals surface area (Å²) >= 11 is 0. The summed E-state index contributed by atoms with van der Waals surface area (Å²) in [6, 6.07) is 15.0. The van der Waals surface area contributed by atoms with Crippen molar-refractivity contribution >= 4 is 22.2 Å². The van der Waals surface area contributed by atoms with E-state index in [4.69, 9.17) is 0 Å². The molecule has 1 aliphatic carbocycles. The molecule has 0 fully saturated rings. The summed E-state index contributed by atoms with van der Waals surface area (Å²) < 4.78 is 37.7. The number of benzene rings is 3. The molecular weight excluding hydrogens is 368 g/mol. The Kier molecular flexibility index (Phi) is 3.64. The summed E-state index contributed by atoms with van der Waals surface area (Å²) in [6.45, 7) is 4.05. The van der Waals surface area contributed by atoms with E-state index in [1.54, 1.807) is 0 Å². The summed E-state index contributed by atoms with van der Waals surface area (Å²) in [5.41, 5.74) is 2.35. The number of allylic oxidation sites excluding steroid dienone is 2. The molecule has 1 N–H and O–H groups in total. The molecule has 0 aromatic heterocycles. The van der Waals surface area contributed by atoms with E-state index in [2.05, 4.69) is 5.32 Å². The van der Waals surface area contributed by atoms with Crippen molar-refractivity contribution in [1.82, 2.24) is 0 Å². The molecule has 1 heterocycles. The van der Waals surface area contributed by atoms with Crippen molar-refractivity contribution in [2.24, 2.45) is 5.41 Å². The van der Waals surface area contributed by atoms with E-state index >= 15 is 0 Å². The lowest BCUT2D eigenvalue weighted by molar-refractivity contribution is -0.118. The fourth-order valence-corrected chi connectivity index (χ4v) is 4.59. The largest absolute Gasteiger partial charge is 0.358 e. The second kappa shape index (κ2) is 6.24. The molecule has 29 heavy (non-hydrogen) atoms. The topological polar surface area (TPSA) is 29.1 Å². The number of nitrogens with one attached hydrogen (secondary N) is 1. The smallest absolute Gasteiger partial charge is 0.162 e. The maximum absolute atomic E-state index is 14.3. The second-order valence-electron chi connectivity index (χ2n) is 8.63. The van der Waals surface area contributed by atoms with E-state index in [-0.39, 0.29) is 16.8 Å². The SMILES string of the molecule is [2H]C1(c2ccc(F)c(F)c2)C2=C(CC(C)(C)CC2=O)Nc2ccc3ccccc3c21. The molecule has 0 bridgehead atoms. The quantitative estimate of drug-likeness (QED) is 0.527. The molecule has 0 radical (unpaired) electrons. The van der Waals surface area contributed by atoms with Crippen molar-refractivity contribution in [2.45, 2.75) is 32.6 Å². The van der Waals surface area contributed by atoms with Crippen molar-refractivity contribution in [3.05, 3.63) is 88.6 Å². The van der Waals surface area contributed by atoms with Gasteiger partial charge < -0.3 is 5.32 Å². The molecule has 1 unspecified atom stereocenters. The number of halogens is 2. The highest BCUT2D eigenvalue weighted by Crippen LogP contribution is 2.50. The number of carbonyl (C=O) groups excluding carboxylic acids is 1. The van der Waals surface area contributed by atoms with Gasteiger partial charge >= 0.3 is 0 Å². The standard InChI is InChI=1S/C25H21F2NO/c1-25(2)12-20-24(21(29)13-25)22(15-7-9-17(26)18(27)11-15)23-16-6-4-3-5-14(16)8-10-19(23)28-20/h3-11,22,28H,12-13H2,1-2H3/i22D. The molecule has 0 saturated carbocycles. The highest BCUT2D eigenvalue weighted by molar-refractivity contribution is 6.04. The molecule has 0 saturated heterocycles. The zero-order valence-electron chi connectivity index (χ0n) is 17.3. The van der Waals surface area contributed by atoms with Crippen molar-refractivity contribution in [3.8, 4) is 0 Å². The van der Waals surface area contributed by atoms with Crippen LogP contribution in [-0.4, -0.2) is 5.78 Å². The molecule has 146 valence electrons. The van der Waals surface area contributed by atoms with Gasteiger partial charge in [-0.1, -0.05) is 50.2 Å². The van der Waals surface area contributed by atoms with Gasteiger partial charge in [-0.2, -0.15) is 0 Å². The number of hydrogen-bond acceptors (Lipinski definition) is 2. The van der Waals surface area contributed by atoms with E-state index < -0.39 is 17.5 Å². The predicted molar refractivity (Wildman–Crippen MR) is 111 cm³/mol. The minimum absolute atomic E-state index is 0.132. The Labute approximate surface area is 169 Å². The normalized spacial score (nSPS) is 23.3. The Morgan fingerprint density at radius 1 is 1.03 bits per heavy atom. The van der Waals surface area contributed by atoms with Crippen molar-refractivity contribution < 1.29 is 14.9 Å². The predicted octanol–water partition coefficient (Wildman–Crippen LogP) is 6.32. The highest BCUT2D eigenvalue weighted by Gasteiger charge is 2.41. The number of hydrogen-bond donors (Lipinski definition) is 1. The van der Waals surface area contributed by atoms with Gasteiger partial charge in [-0.05, 0) is 51.9 Å². The third-order valence-electron chi connectivity index (χ3n) is 5.80. The van der Waals surface area contributed by atoms with Crippen LogP contribution in [0.3, 0.4) is 0 Å². The Morgan fingerprint density at radius 3 is 2.62 bits per heavy atom. The fourth-order valence-electron chi connectivity index (χ4n) is 4.59. The maximum Gasteiger partial charge on any atom is 0.162 e. The van der Waals surface area contributed by atoms with Gasteiger partial charge in [-0.3, -0.25) is 4.79 Å². The molecular formula is C25H21F2NO. The lowest BCUT2D eigenvalue weighted by atomic mass is 9.68. The highest BCUT2D eigenvalue weighted by atomic mass is 19.2. The van der Waals surface area contributed by atoms with E-state index in [1.807, 2.05) is 50.2 Å². The molecule has 4 heteroatoms. The fraction of sp³-hybridized carbons (Fsp3) is 0.240. The number of Topliss-reactive ketones (excluding diaryl/α,β-unsaturated/α-hetero) is 1. The van der Waals surface area contributed by atoms with Gasteiger partial charge in [0, 0.05) is 30.6 Å². The van der Waals surface area contributed by atoms with Gasteiger partial charge in [0.25, 0.3) is 0 Å². The van der Waals surface area contributed by atoms with Gasteiger partial charge in [0.05, 0.1) is 0 Å². The van der Waals surface area contributed by atoms with E-state index in [0.29, 0.717) is 29.7 Å². The molecule has 0 amide bonds. The van der Waals surface area contributed by atoms with Crippen molar-refractivity contribution in [2.75, 3.05) is 5.32 Å². The van der Waals surface area contributed by atoms with Crippen LogP contribution >= 0.6 is 0 Å². The van der Waals surface area contributed by atoms with Crippen LogP contribution in [-0.2, 0) is 4.79 Å². The van der Waals surface area contributed by atoms with Crippen LogP contribution in [0.25, 0.3) is 10.8 Å². The third kappa shape index (κ3) is 2.86. The molecule has 1 aliphatic heterocycles.